The van der Waals surface area contributed by atoms with Gasteiger partial charge in [0, 0.05) is 6.61 Å². The van der Waals surface area contributed by atoms with Gasteiger partial charge in [-0.15, -0.1) is 0 Å². The van der Waals surface area contributed by atoms with Crippen molar-refractivity contribution in [3.05, 3.63) is 22.8 Å². The molecule has 0 fully saturated rings. The molecule has 0 aliphatic rings. The Balaban J connectivity index is 2.20. The van der Waals surface area contributed by atoms with Gasteiger partial charge in [-0.25, -0.2) is 4.98 Å². The Morgan fingerprint density at radius 3 is 2.71 bits per heavy atom. The first kappa shape index (κ1) is 14.2. The van der Waals surface area contributed by atoms with Crippen LogP contribution in [0.15, 0.2) is 12.1 Å². The lowest BCUT2D eigenvalue weighted by atomic mass is 10.2. The molecule has 2 N–H and O–H groups in total. The Morgan fingerprint density at radius 1 is 1.29 bits per heavy atom. The van der Waals surface area contributed by atoms with E-state index in [2.05, 4.69) is 18.8 Å². The molecule has 1 rings (SSSR count). The lowest BCUT2D eigenvalue weighted by molar-refractivity contribution is 0.0305. The summed E-state index contributed by atoms with van der Waals surface area (Å²) in [6.45, 7) is 6.43. The Kier molecular flexibility index (Phi) is 6.26. The molecule has 0 saturated carbocycles. The number of halogens is 1. The second-order valence-electron chi connectivity index (χ2n) is 4.19. The summed E-state index contributed by atoms with van der Waals surface area (Å²) in [6, 6.07) is 3.38. The quantitative estimate of drug-likeness (QED) is 0.764. The van der Waals surface area contributed by atoms with Crippen LogP contribution in [0.3, 0.4) is 0 Å². The van der Waals surface area contributed by atoms with Gasteiger partial charge in [0.1, 0.15) is 5.82 Å². The standard InChI is InChI=1S/C12H19ClN2O2/c1-9(2)7-16-5-6-17-8-11-10(13)3-4-12(14)15-11/h3-4,9H,5-8H2,1-2H3,(H2,14,15). The maximum absolute atomic E-state index is 5.95. The van der Waals surface area contributed by atoms with E-state index in [0.29, 0.717) is 42.3 Å². The van der Waals surface area contributed by atoms with Crippen LogP contribution in [0.25, 0.3) is 0 Å². The largest absolute Gasteiger partial charge is 0.384 e. The molecule has 17 heavy (non-hydrogen) atoms. The molecule has 0 aliphatic carbocycles. The van der Waals surface area contributed by atoms with E-state index >= 15 is 0 Å². The maximum atomic E-state index is 5.95. The molecule has 1 aromatic heterocycles. The second-order valence-corrected chi connectivity index (χ2v) is 4.59. The molecule has 96 valence electrons. The summed E-state index contributed by atoms with van der Waals surface area (Å²) in [7, 11) is 0. The normalized spacial score (nSPS) is 11.1. The minimum Gasteiger partial charge on any atom is -0.384 e. The van der Waals surface area contributed by atoms with Gasteiger partial charge in [0.25, 0.3) is 0 Å². The number of rotatable bonds is 7. The first-order valence-corrected chi connectivity index (χ1v) is 6.03. The monoisotopic (exact) mass is 258 g/mol. The third-order valence-electron chi connectivity index (χ3n) is 2.00. The smallest absolute Gasteiger partial charge is 0.123 e. The zero-order chi connectivity index (χ0) is 12.7. The van der Waals surface area contributed by atoms with E-state index < -0.39 is 0 Å². The molecule has 0 aromatic carbocycles. The maximum Gasteiger partial charge on any atom is 0.123 e. The molecular formula is C12H19ClN2O2. The predicted octanol–water partition coefficient (Wildman–Crippen LogP) is 2.51. The molecule has 1 heterocycles. The summed E-state index contributed by atoms with van der Waals surface area (Å²) in [6.07, 6.45) is 0. The van der Waals surface area contributed by atoms with Crippen LogP contribution in [0.2, 0.25) is 5.02 Å². The highest BCUT2D eigenvalue weighted by atomic mass is 35.5. The number of ether oxygens (including phenoxy) is 2. The fourth-order valence-electron chi connectivity index (χ4n) is 1.21. The Bertz CT molecular complexity index is 345. The Hall–Kier alpha value is -0.840. The van der Waals surface area contributed by atoms with Gasteiger partial charge < -0.3 is 15.2 Å². The third-order valence-corrected chi connectivity index (χ3v) is 2.35. The van der Waals surface area contributed by atoms with Gasteiger partial charge in [0.05, 0.1) is 30.5 Å². The highest BCUT2D eigenvalue weighted by molar-refractivity contribution is 6.31. The van der Waals surface area contributed by atoms with Gasteiger partial charge in [-0.3, -0.25) is 0 Å². The molecule has 0 aliphatic heterocycles. The van der Waals surface area contributed by atoms with Crippen LogP contribution in [0.5, 0.6) is 0 Å². The summed E-state index contributed by atoms with van der Waals surface area (Å²) in [5, 5.41) is 0.572. The molecule has 5 heteroatoms. The van der Waals surface area contributed by atoms with E-state index in [1.165, 1.54) is 0 Å². The van der Waals surface area contributed by atoms with E-state index in [9.17, 15) is 0 Å². The number of pyridine rings is 1. The van der Waals surface area contributed by atoms with Crippen molar-refractivity contribution in [2.45, 2.75) is 20.5 Å². The molecular weight excluding hydrogens is 240 g/mol. The molecule has 0 unspecified atom stereocenters. The van der Waals surface area contributed by atoms with Crippen molar-refractivity contribution in [1.29, 1.82) is 0 Å². The summed E-state index contributed by atoms with van der Waals surface area (Å²) >= 11 is 5.95. The van der Waals surface area contributed by atoms with Crippen molar-refractivity contribution >= 4 is 17.4 Å². The SMILES string of the molecule is CC(C)COCCOCc1nc(N)ccc1Cl. The topological polar surface area (TPSA) is 57.4 Å². The number of nitrogens with two attached hydrogens (primary N) is 1. The average Bonchev–Trinajstić information content (AvgIpc) is 2.27. The molecule has 0 radical (unpaired) electrons. The molecule has 4 nitrogen and oxygen atoms in total. The van der Waals surface area contributed by atoms with Crippen molar-refractivity contribution in [3.63, 3.8) is 0 Å². The van der Waals surface area contributed by atoms with Gasteiger partial charge in [0.2, 0.25) is 0 Å². The van der Waals surface area contributed by atoms with Crippen molar-refractivity contribution in [3.8, 4) is 0 Å². The number of aromatic nitrogens is 1. The predicted molar refractivity (Wildman–Crippen MR) is 69.0 cm³/mol. The van der Waals surface area contributed by atoms with Crippen molar-refractivity contribution in [2.75, 3.05) is 25.6 Å². The van der Waals surface area contributed by atoms with Crippen LogP contribution in [-0.4, -0.2) is 24.8 Å². The minimum atomic E-state index is 0.356. The summed E-state index contributed by atoms with van der Waals surface area (Å²) in [5.41, 5.74) is 6.23. The van der Waals surface area contributed by atoms with Gasteiger partial charge in [-0.1, -0.05) is 25.4 Å². The highest BCUT2D eigenvalue weighted by Gasteiger charge is 2.02. The van der Waals surface area contributed by atoms with Crippen molar-refractivity contribution in [2.24, 2.45) is 5.92 Å². The van der Waals surface area contributed by atoms with E-state index in [-0.39, 0.29) is 0 Å². The number of hydrogen-bond donors (Lipinski definition) is 1. The van der Waals surface area contributed by atoms with Crippen LogP contribution in [0, 0.1) is 5.92 Å². The summed E-state index contributed by atoms with van der Waals surface area (Å²) in [4.78, 5) is 4.10. The fraction of sp³-hybridized carbons (Fsp3) is 0.583. The number of nitrogen functional groups attached to an aromatic ring is 1. The summed E-state index contributed by atoms with van der Waals surface area (Å²) < 4.78 is 10.8. The molecule has 1 aromatic rings. The van der Waals surface area contributed by atoms with Crippen LogP contribution in [0.1, 0.15) is 19.5 Å². The van der Waals surface area contributed by atoms with Crippen LogP contribution in [0.4, 0.5) is 5.82 Å². The van der Waals surface area contributed by atoms with Gasteiger partial charge >= 0.3 is 0 Å². The Morgan fingerprint density at radius 2 is 2.00 bits per heavy atom. The van der Waals surface area contributed by atoms with Gasteiger partial charge in [0.15, 0.2) is 0 Å². The van der Waals surface area contributed by atoms with E-state index in [4.69, 9.17) is 26.8 Å². The Labute approximate surface area is 107 Å². The van der Waals surface area contributed by atoms with Crippen molar-refractivity contribution in [1.82, 2.24) is 4.98 Å². The number of anilines is 1. The van der Waals surface area contributed by atoms with E-state index in [1.807, 2.05) is 0 Å². The molecule has 0 bridgehead atoms. The first-order valence-electron chi connectivity index (χ1n) is 5.66. The first-order chi connectivity index (χ1) is 8.09. The summed E-state index contributed by atoms with van der Waals surface area (Å²) in [5.74, 6) is 0.990. The van der Waals surface area contributed by atoms with Gasteiger partial charge in [-0.05, 0) is 18.1 Å². The fourth-order valence-corrected chi connectivity index (χ4v) is 1.37. The lowest BCUT2D eigenvalue weighted by Crippen LogP contribution is -2.09. The van der Waals surface area contributed by atoms with E-state index in [0.717, 1.165) is 6.61 Å². The van der Waals surface area contributed by atoms with Crippen LogP contribution >= 0.6 is 11.6 Å². The lowest BCUT2D eigenvalue weighted by Gasteiger charge is -2.08. The highest BCUT2D eigenvalue weighted by Crippen LogP contribution is 2.15. The minimum absolute atomic E-state index is 0.356. The van der Waals surface area contributed by atoms with Gasteiger partial charge in [-0.2, -0.15) is 0 Å². The van der Waals surface area contributed by atoms with Crippen LogP contribution < -0.4 is 5.73 Å². The average molecular weight is 259 g/mol. The second kappa shape index (κ2) is 7.48. The zero-order valence-corrected chi connectivity index (χ0v) is 11.0. The molecule has 0 amide bonds. The number of hydrogen-bond acceptors (Lipinski definition) is 4. The number of nitrogens with zero attached hydrogens (tertiary/aromatic N) is 1. The molecule has 0 spiro atoms. The zero-order valence-electron chi connectivity index (χ0n) is 10.3. The van der Waals surface area contributed by atoms with Crippen LogP contribution in [-0.2, 0) is 16.1 Å². The molecule has 0 atom stereocenters. The molecule has 0 saturated heterocycles. The third kappa shape index (κ3) is 5.86. The van der Waals surface area contributed by atoms with Crippen molar-refractivity contribution < 1.29 is 9.47 Å². The van der Waals surface area contributed by atoms with E-state index in [1.54, 1.807) is 12.1 Å².